The summed E-state index contributed by atoms with van der Waals surface area (Å²) in [6.07, 6.45) is 1.78. The Labute approximate surface area is 89.7 Å². The second-order valence-corrected chi connectivity index (χ2v) is 3.94. The summed E-state index contributed by atoms with van der Waals surface area (Å²) in [6, 6.07) is -0.0575. The lowest BCUT2D eigenvalue weighted by Crippen LogP contribution is -2.44. The molecule has 0 aromatic carbocycles. The van der Waals surface area contributed by atoms with Crippen molar-refractivity contribution in [3.05, 3.63) is 0 Å². The van der Waals surface area contributed by atoms with E-state index in [-0.39, 0.29) is 31.0 Å². The maximum Gasteiger partial charge on any atom is 0.242 e. The molecule has 0 spiro atoms. The molecule has 1 aliphatic rings. The molecule has 1 N–H and O–H groups in total. The Kier molecular flexibility index (Phi) is 4.08. The van der Waals surface area contributed by atoms with Gasteiger partial charge in [0.1, 0.15) is 0 Å². The molecule has 1 rings (SSSR count). The summed E-state index contributed by atoms with van der Waals surface area (Å²) in [7, 11) is 1.60. The summed E-state index contributed by atoms with van der Waals surface area (Å²) in [5.41, 5.74) is 0. The number of aliphatic hydroxyl groups excluding tert-OH is 1. The number of amides is 2. The van der Waals surface area contributed by atoms with Crippen LogP contribution in [0, 0.1) is 0 Å². The van der Waals surface area contributed by atoms with Crippen LogP contribution in [0.5, 0.6) is 0 Å². The van der Waals surface area contributed by atoms with Gasteiger partial charge < -0.3 is 14.9 Å². The van der Waals surface area contributed by atoms with Crippen LogP contribution in [0.1, 0.15) is 19.8 Å². The molecule has 0 radical (unpaired) electrons. The molecule has 1 aliphatic heterocycles. The zero-order chi connectivity index (χ0) is 11.4. The minimum Gasteiger partial charge on any atom is -0.394 e. The third-order valence-electron chi connectivity index (χ3n) is 2.82. The lowest BCUT2D eigenvalue weighted by atomic mass is 10.2. The van der Waals surface area contributed by atoms with Gasteiger partial charge in [0, 0.05) is 20.5 Å². The van der Waals surface area contributed by atoms with Gasteiger partial charge in [-0.25, -0.2) is 0 Å². The normalized spacial score (nSPS) is 20.5. The Morgan fingerprint density at radius 2 is 2.20 bits per heavy atom. The third kappa shape index (κ3) is 2.92. The lowest BCUT2D eigenvalue weighted by molar-refractivity contribution is -0.139. The molecule has 0 aromatic heterocycles. The van der Waals surface area contributed by atoms with Crippen molar-refractivity contribution in [2.24, 2.45) is 0 Å². The van der Waals surface area contributed by atoms with Gasteiger partial charge in [0.2, 0.25) is 11.8 Å². The van der Waals surface area contributed by atoms with Crippen molar-refractivity contribution in [1.29, 1.82) is 0 Å². The van der Waals surface area contributed by atoms with Crippen LogP contribution < -0.4 is 0 Å². The second-order valence-electron chi connectivity index (χ2n) is 3.94. The van der Waals surface area contributed by atoms with Gasteiger partial charge in [-0.15, -0.1) is 0 Å². The van der Waals surface area contributed by atoms with E-state index in [0.717, 1.165) is 12.8 Å². The highest BCUT2D eigenvalue weighted by atomic mass is 16.3. The van der Waals surface area contributed by atoms with Crippen LogP contribution in [0.4, 0.5) is 0 Å². The van der Waals surface area contributed by atoms with Gasteiger partial charge in [-0.05, 0) is 12.8 Å². The van der Waals surface area contributed by atoms with Crippen molar-refractivity contribution in [3.63, 3.8) is 0 Å². The van der Waals surface area contributed by atoms with Crippen LogP contribution in [0.25, 0.3) is 0 Å². The Morgan fingerprint density at radius 1 is 1.53 bits per heavy atom. The van der Waals surface area contributed by atoms with Gasteiger partial charge in [-0.3, -0.25) is 9.59 Å². The maximum atomic E-state index is 11.8. The number of rotatable bonds is 3. The molecule has 0 aliphatic carbocycles. The molecule has 0 unspecified atom stereocenters. The largest absolute Gasteiger partial charge is 0.394 e. The molecule has 0 aromatic rings. The van der Waals surface area contributed by atoms with Crippen LogP contribution in [-0.2, 0) is 9.59 Å². The average molecular weight is 214 g/mol. The van der Waals surface area contributed by atoms with E-state index in [2.05, 4.69) is 0 Å². The number of likely N-dealkylation sites (tertiary alicyclic amines) is 1. The van der Waals surface area contributed by atoms with E-state index in [1.807, 2.05) is 0 Å². The van der Waals surface area contributed by atoms with Gasteiger partial charge in [-0.2, -0.15) is 0 Å². The van der Waals surface area contributed by atoms with Crippen molar-refractivity contribution in [2.45, 2.75) is 25.8 Å². The molecule has 5 heteroatoms. The number of aliphatic hydroxyl groups is 1. The number of likely N-dealkylation sites (N-methyl/N-ethyl adjacent to an activating group) is 1. The molecular formula is C10H18N2O3. The van der Waals surface area contributed by atoms with E-state index >= 15 is 0 Å². The van der Waals surface area contributed by atoms with E-state index in [1.54, 1.807) is 11.9 Å². The van der Waals surface area contributed by atoms with Crippen LogP contribution >= 0.6 is 0 Å². The topological polar surface area (TPSA) is 60.9 Å². The molecule has 0 bridgehead atoms. The van der Waals surface area contributed by atoms with Gasteiger partial charge in [0.05, 0.1) is 19.2 Å². The van der Waals surface area contributed by atoms with E-state index < -0.39 is 0 Å². The molecule has 5 nitrogen and oxygen atoms in total. The first-order valence-electron chi connectivity index (χ1n) is 5.18. The quantitative estimate of drug-likeness (QED) is 0.685. The average Bonchev–Trinajstić information content (AvgIpc) is 2.64. The molecule has 2 amide bonds. The number of nitrogens with zero attached hydrogens (tertiary/aromatic N) is 2. The summed E-state index contributed by atoms with van der Waals surface area (Å²) in [6.45, 7) is 2.23. The van der Waals surface area contributed by atoms with Gasteiger partial charge in [0.15, 0.2) is 0 Å². The minimum atomic E-state index is -0.122. The van der Waals surface area contributed by atoms with Gasteiger partial charge in [-0.1, -0.05) is 0 Å². The Balaban J connectivity index is 2.49. The highest BCUT2D eigenvalue weighted by Gasteiger charge is 2.28. The fraction of sp³-hybridized carbons (Fsp3) is 0.800. The molecule has 1 heterocycles. The molecule has 1 atom stereocenters. The molecule has 86 valence electrons. The highest BCUT2D eigenvalue weighted by Crippen LogP contribution is 2.16. The van der Waals surface area contributed by atoms with E-state index in [4.69, 9.17) is 5.11 Å². The van der Waals surface area contributed by atoms with Crippen molar-refractivity contribution < 1.29 is 14.7 Å². The summed E-state index contributed by atoms with van der Waals surface area (Å²) >= 11 is 0. The van der Waals surface area contributed by atoms with Crippen LogP contribution in [-0.4, -0.2) is 59.5 Å². The zero-order valence-corrected chi connectivity index (χ0v) is 9.27. The molecule has 1 saturated heterocycles. The first kappa shape index (κ1) is 12.0. The number of hydrogen-bond acceptors (Lipinski definition) is 3. The Hall–Kier alpha value is -1.10. The van der Waals surface area contributed by atoms with Crippen molar-refractivity contribution in [2.75, 3.05) is 26.7 Å². The summed E-state index contributed by atoms with van der Waals surface area (Å²) in [5, 5.41) is 9.05. The number of carbonyl (C=O) groups is 2. The van der Waals surface area contributed by atoms with Gasteiger partial charge >= 0.3 is 0 Å². The smallest absolute Gasteiger partial charge is 0.242 e. The molecular weight excluding hydrogens is 196 g/mol. The fourth-order valence-electron chi connectivity index (χ4n) is 1.76. The summed E-state index contributed by atoms with van der Waals surface area (Å²) in [4.78, 5) is 25.8. The minimum absolute atomic E-state index is 0.00945. The number of hydrogen-bond donors (Lipinski definition) is 1. The third-order valence-corrected chi connectivity index (χ3v) is 2.82. The van der Waals surface area contributed by atoms with Crippen molar-refractivity contribution >= 4 is 11.8 Å². The van der Waals surface area contributed by atoms with Crippen LogP contribution in [0.2, 0.25) is 0 Å². The summed E-state index contributed by atoms with van der Waals surface area (Å²) < 4.78 is 0. The predicted molar refractivity (Wildman–Crippen MR) is 55.1 cm³/mol. The van der Waals surface area contributed by atoms with Crippen LogP contribution in [0.3, 0.4) is 0 Å². The number of carbonyl (C=O) groups excluding carboxylic acids is 2. The molecule has 15 heavy (non-hydrogen) atoms. The lowest BCUT2D eigenvalue weighted by Gasteiger charge is -2.25. The Bertz CT molecular complexity index is 255. The van der Waals surface area contributed by atoms with Crippen molar-refractivity contribution in [1.82, 2.24) is 9.80 Å². The monoisotopic (exact) mass is 214 g/mol. The van der Waals surface area contributed by atoms with Gasteiger partial charge in [0.25, 0.3) is 0 Å². The first-order valence-corrected chi connectivity index (χ1v) is 5.18. The van der Waals surface area contributed by atoms with E-state index in [9.17, 15) is 9.59 Å². The summed E-state index contributed by atoms with van der Waals surface area (Å²) in [5.74, 6) is -0.202. The maximum absolute atomic E-state index is 11.8. The molecule has 0 saturated carbocycles. The van der Waals surface area contributed by atoms with E-state index in [1.165, 1.54) is 11.8 Å². The molecule has 1 fully saturated rings. The van der Waals surface area contributed by atoms with Crippen LogP contribution in [0.15, 0.2) is 0 Å². The standard InChI is InChI=1S/C10H18N2O3/c1-8(14)11(2)6-10(15)12-5-3-4-9(12)7-13/h9,13H,3-7H2,1-2H3/t9-/m1/s1. The van der Waals surface area contributed by atoms with Crippen molar-refractivity contribution in [3.8, 4) is 0 Å². The highest BCUT2D eigenvalue weighted by molar-refractivity contribution is 5.84. The predicted octanol–water partition coefficient (Wildman–Crippen LogP) is -0.552. The van der Waals surface area contributed by atoms with E-state index in [0.29, 0.717) is 6.54 Å². The first-order chi connectivity index (χ1) is 7.06. The fourth-order valence-corrected chi connectivity index (χ4v) is 1.76. The Morgan fingerprint density at radius 3 is 2.73 bits per heavy atom. The second kappa shape index (κ2) is 5.11. The zero-order valence-electron chi connectivity index (χ0n) is 9.27. The SMILES string of the molecule is CC(=O)N(C)CC(=O)N1CCC[C@@H]1CO.